The number of benzene rings is 1. The maximum Gasteiger partial charge on any atom is 0.186 e. The van der Waals surface area contributed by atoms with Gasteiger partial charge in [-0.2, -0.15) is 10.2 Å². The van der Waals surface area contributed by atoms with Gasteiger partial charge in [-0.25, -0.2) is 0 Å². The first-order valence-corrected chi connectivity index (χ1v) is 8.37. The van der Waals surface area contributed by atoms with Crippen LogP contribution in [0.25, 0.3) is 0 Å². The van der Waals surface area contributed by atoms with Crippen molar-refractivity contribution in [3.8, 4) is 0 Å². The van der Waals surface area contributed by atoms with Crippen LogP contribution in [0, 0.1) is 0 Å². The van der Waals surface area contributed by atoms with E-state index in [1.807, 2.05) is 57.1 Å². The third-order valence-corrected chi connectivity index (χ3v) is 3.84. The normalized spacial score (nSPS) is 11.7. The van der Waals surface area contributed by atoms with E-state index in [1.54, 1.807) is 7.05 Å². The number of hydrogen-bond donors (Lipinski definition) is 3. The van der Waals surface area contributed by atoms with E-state index < -0.39 is 0 Å². The van der Waals surface area contributed by atoms with E-state index in [1.165, 1.54) is 0 Å². The first-order valence-electron chi connectivity index (χ1n) is 7.55. The molecule has 0 saturated heterocycles. The summed E-state index contributed by atoms with van der Waals surface area (Å²) in [5, 5.41) is 11.9. The van der Waals surface area contributed by atoms with Crippen molar-refractivity contribution in [2.45, 2.75) is 20.3 Å². The van der Waals surface area contributed by atoms with Gasteiger partial charge < -0.3 is 10.2 Å². The molecule has 6 nitrogen and oxygen atoms in total. The second-order valence-corrected chi connectivity index (χ2v) is 6.08. The topological polar surface area (TPSA) is 64.0 Å². The number of thiocarbonyl (C=S) groups is 2. The van der Waals surface area contributed by atoms with Crippen LogP contribution in [0.3, 0.4) is 0 Å². The molecule has 0 amide bonds. The Labute approximate surface area is 154 Å². The van der Waals surface area contributed by atoms with E-state index >= 15 is 0 Å². The van der Waals surface area contributed by atoms with Gasteiger partial charge in [0.15, 0.2) is 5.11 Å². The van der Waals surface area contributed by atoms with Crippen LogP contribution >= 0.6 is 24.4 Å². The molecule has 0 radical (unpaired) electrons. The monoisotopic (exact) mass is 364 g/mol. The van der Waals surface area contributed by atoms with Gasteiger partial charge in [0.1, 0.15) is 5.71 Å². The smallest absolute Gasteiger partial charge is 0.186 e. The van der Waals surface area contributed by atoms with Crippen LogP contribution < -0.4 is 21.1 Å². The molecular formula is C16H24N6S2. The molecule has 1 rings (SSSR count). The summed E-state index contributed by atoms with van der Waals surface area (Å²) in [5.74, 6) is 0. The zero-order chi connectivity index (χ0) is 18.1. The Kier molecular flexibility index (Phi) is 8.28. The molecule has 0 bridgehead atoms. The van der Waals surface area contributed by atoms with Gasteiger partial charge in [-0.3, -0.25) is 10.9 Å². The van der Waals surface area contributed by atoms with E-state index in [4.69, 9.17) is 24.4 Å². The van der Waals surface area contributed by atoms with Crippen molar-refractivity contribution in [2.75, 3.05) is 26.0 Å². The highest BCUT2D eigenvalue weighted by atomic mass is 32.1. The number of nitrogens with one attached hydrogen (secondary N) is 3. The van der Waals surface area contributed by atoms with Crippen LogP contribution in [0.15, 0.2) is 34.5 Å². The molecule has 0 aromatic heterocycles. The summed E-state index contributed by atoms with van der Waals surface area (Å²) in [4.78, 5) is 2.72. The third kappa shape index (κ3) is 6.21. The zero-order valence-corrected chi connectivity index (χ0v) is 16.3. The molecule has 0 atom stereocenters. The van der Waals surface area contributed by atoms with Crippen LogP contribution in [0.2, 0.25) is 0 Å². The minimum atomic E-state index is 0.433. The molecule has 0 unspecified atom stereocenters. The molecule has 0 aliphatic heterocycles. The average molecular weight is 365 g/mol. The van der Waals surface area contributed by atoms with E-state index in [2.05, 4.69) is 26.4 Å². The maximum absolute atomic E-state index is 5.14. The molecule has 1 aromatic carbocycles. The Bertz CT molecular complexity index is 634. The van der Waals surface area contributed by atoms with Crippen molar-refractivity contribution >= 4 is 51.6 Å². The van der Waals surface area contributed by atoms with Crippen LogP contribution in [0.4, 0.5) is 5.69 Å². The van der Waals surface area contributed by atoms with Crippen molar-refractivity contribution in [3.63, 3.8) is 0 Å². The molecule has 3 N–H and O–H groups in total. The molecule has 0 aliphatic carbocycles. The van der Waals surface area contributed by atoms with Crippen LogP contribution in [0.1, 0.15) is 25.8 Å². The minimum Gasteiger partial charge on any atom is -0.378 e. The van der Waals surface area contributed by atoms with Crippen molar-refractivity contribution in [1.29, 1.82) is 0 Å². The predicted octanol–water partition coefficient (Wildman–Crippen LogP) is 2.25. The molecular weight excluding hydrogens is 340 g/mol. The number of hydrogen-bond acceptors (Lipinski definition) is 5. The fourth-order valence-corrected chi connectivity index (χ4v) is 1.80. The standard InChI is InChI=1S/C16H24N6S2/c1-6-14(23)19-18-11(2)15(20-21-16(24)17-3)12-7-9-13(10-8-12)22(4)5/h7-10H,6H2,1-5H3,(H,19,23)(H2,17,21,24). The summed E-state index contributed by atoms with van der Waals surface area (Å²) >= 11 is 10.2. The average Bonchev–Trinajstić information content (AvgIpc) is 2.59. The highest BCUT2D eigenvalue weighted by molar-refractivity contribution is 7.80. The minimum absolute atomic E-state index is 0.433. The van der Waals surface area contributed by atoms with Crippen LogP contribution in [-0.4, -0.2) is 42.7 Å². The third-order valence-electron chi connectivity index (χ3n) is 3.17. The molecule has 130 valence electrons. The molecule has 8 heteroatoms. The Balaban J connectivity index is 3.13. The Hall–Kier alpha value is -2.06. The SMILES string of the molecule is CCC(=S)NN=C(C)C(=NNC(=S)NC)c1ccc(N(C)C)cc1. The van der Waals surface area contributed by atoms with Crippen molar-refractivity contribution < 1.29 is 0 Å². The molecule has 0 spiro atoms. The van der Waals surface area contributed by atoms with Crippen LogP contribution in [-0.2, 0) is 0 Å². The number of anilines is 1. The number of hydrazone groups is 2. The maximum atomic E-state index is 5.14. The van der Waals surface area contributed by atoms with Gasteiger partial charge in [0, 0.05) is 32.4 Å². The summed E-state index contributed by atoms with van der Waals surface area (Å²) in [7, 11) is 5.73. The Morgan fingerprint density at radius 3 is 2.21 bits per heavy atom. The summed E-state index contributed by atoms with van der Waals surface area (Å²) < 4.78 is 0. The second kappa shape index (κ2) is 9.94. The molecule has 24 heavy (non-hydrogen) atoms. The molecule has 0 fully saturated rings. The lowest BCUT2D eigenvalue weighted by molar-refractivity contribution is 0.974. The molecule has 0 saturated carbocycles. The Morgan fingerprint density at radius 1 is 1.08 bits per heavy atom. The van der Waals surface area contributed by atoms with E-state index in [0.29, 0.717) is 21.5 Å². The first kappa shape index (κ1) is 20.0. The fourth-order valence-electron chi connectivity index (χ4n) is 1.71. The fraction of sp³-hybridized carbons (Fsp3) is 0.375. The molecule has 0 aliphatic rings. The van der Waals surface area contributed by atoms with Gasteiger partial charge in [0.2, 0.25) is 0 Å². The number of nitrogens with zero attached hydrogens (tertiary/aromatic N) is 3. The quantitative estimate of drug-likeness (QED) is 0.409. The summed E-state index contributed by atoms with van der Waals surface area (Å²) in [6.07, 6.45) is 0.734. The van der Waals surface area contributed by atoms with Crippen molar-refractivity contribution in [2.24, 2.45) is 10.2 Å². The van der Waals surface area contributed by atoms with E-state index in [0.717, 1.165) is 17.7 Å². The lowest BCUT2D eigenvalue weighted by atomic mass is 10.1. The van der Waals surface area contributed by atoms with Crippen LogP contribution in [0.5, 0.6) is 0 Å². The van der Waals surface area contributed by atoms with Gasteiger partial charge in [-0.1, -0.05) is 31.3 Å². The predicted molar refractivity (Wildman–Crippen MR) is 111 cm³/mol. The van der Waals surface area contributed by atoms with Crippen molar-refractivity contribution in [3.05, 3.63) is 29.8 Å². The second-order valence-electron chi connectivity index (χ2n) is 5.18. The molecule has 1 aromatic rings. The highest BCUT2D eigenvalue weighted by Gasteiger charge is 2.09. The number of rotatable bonds is 6. The lowest BCUT2D eigenvalue weighted by Crippen LogP contribution is -2.31. The first-order chi connectivity index (χ1) is 11.4. The Morgan fingerprint density at radius 2 is 1.71 bits per heavy atom. The van der Waals surface area contributed by atoms with Gasteiger partial charge in [0.25, 0.3) is 0 Å². The largest absolute Gasteiger partial charge is 0.378 e. The summed E-state index contributed by atoms with van der Waals surface area (Å²) in [6, 6.07) is 8.04. The van der Waals surface area contributed by atoms with Gasteiger partial charge >= 0.3 is 0 Å². The lowest BCUT2D eigenvalue weighted by Gasteiger charge is -2.14. The summed E-state index contributed by atoms with van der Waals surface area (Å²) in [6.45, 7) is 3.84. The summed E-state index contributed by atoms with van der Waals surface area (Å²) in [5.41, 5.74) is 9.10. The zero-order valence-electron chi connectivity index (χ0n) is 14.7. The highest BCUT2D eigenvalue weighted by Crippen LogP contribution is 2.13. The van der Waals surface area contributed by atoms with E-state index in [9.17, 15) is 0 Å². The molecule has 0 heterocycles. The van der Waals surface area contributed by atoms with Crippen molar-refractivity contribution in [1.82, 2.24) is 16.2 Å². The van der Waals surface area contributed by atoms with Gasteiger partial charge in [-0.15, -0.1) is 0 Å². The van der Waals surface area contributed by atoms with Gasteiger partial charge in [-0.05, 0) is 37.7 Å². The van der Waals surface area contributed by atoms with E-state index in [-0.39, 0.29) is 0 Å². The van der Waals surface area contributed by atoms with Gasteiger partial charge in [0.05, 0.1) is 10.7 Å².